The van der Waals surface area contributed by atoms with E-state index in [0.717, 1.165) is 67.0 Å². The lowest BCUT2D eigenvalue weighted by atomic mass is 9.92. The van der Waals surface area contributed by atoms with Gasteiger partial charge in [0.2, 0.25) is 0 Å². The molecule has 3 aromatic rings. The number of amides is 1. The molecule has 0 bridgehead atoms. The lowest BCUT2D eigenvalue weighted by Crippen LogP contribution is -2.40. The van der Waals surface area contributed by atoms with E-state index in [2.05, 4.69) is 26.8 Å². The SMILES string of the molecule is CC1CCCc2ncc(C(=O)NC3CCc4nc(-c5ccccc5)ncc4C3)n21. The number of fused-ring (bicyclic) bond motifs is 2. The van der Waals surface area contributed by atoms with E-state index >= 15 is 0 Å². The molecule has 0 fully saturated rings. The Kier molecular flexibility index (Phi) is 4.62. The Morgan fingerprint density at radius 1 is 1.10 bits per heavy atom. The number of hydrogen-bond acceptors (Lipinski definition) is 4. The van der Waals surface area contributed by atoms with Gasteiger partial charge in [-0.3, -0.25) is 4.79 Å². The molecule has 2 atom stereocenters. The molecule has 1 aromatic carbocycles. The van der Waals surface area contributed by atoms with Crippen LogP contribution < -0.4 is 5.32 Å². The molecule has 1 aliphatic carbocycles. The molecular weight excluding hydrogens is 362 g/mol. The number of rotatable bonds is 3. The Bertz CT molecular complexity index is 1040. The molecule has 2 aliphatic rings. The van der Waals surface area contributed by atoms with Crippen LogP contribution in [0, 0.1) is 0 Å². The first kappa shape index (κ1) is 18.0. The maximum absolute atomic E-state index is 12.9. The zero-order chi connectivity index (χ0) is 19.8. The van der Waals surface area contributed by atoms with Crippen molar-refractivity contribution in [2.24, 2.45) is 0 Å². The third kappa shape index (κ3) is 3.43. The summed E-state index contributed by atoms with van der Waals surface area (Å²) in [5, 5.41) is 3.22. The van der Waals surface area contributed by atoms with E-state index in [-0.39, 0.29) is 11.9 Å². The van der Waals surface area contributed by atoms with Crippen LogP contribution in [0.3, 0.4) is 0 Å². The fraction of sp³-hybridized carbons (Fsp3) is 0.391. The van der Waals surface area contributed by atoms with Crippen molar-refractivity contribution in [2.75, 3.05) is 0 Å². The molecule has 1 aliphatic heterocycles. The zero-order valence-corrected chi connectivity index (χ0v) is 16.6. The highest BCUT2D eigenvalue weighted by Gasteiger charge is 2.27. The predicted octanol–water partition coefficient (Wildman–Crippen LogP) is 3.52. The summed E-state index contributed by atoms with van der Waals surface area (Å²) in [5.74, 6) is 1.78. The Morgan fingerprint density at radius 2 is 1.97 bits per heavy atom. The topological polar surface area (TPSA) is 72.7 Å². The summed E-state index contributed by atoms with van der Waals surface area (Å²) in [7, 11) is 0. The molecule has 0 saturated carbocycles. The number of carbonyl (C=O) groups excluding carboxylic acids is 1. The highest BCUT2D eigenvalue weighted by atomic mass is 16.2. The Labute approximate surface area is 170 Å². The van der Waals surface area contributed by atoms with Crippen molar-refractivity contribution >= 4 is 5.91 Å². The first-order chi connectivity index (χ1) is 14.2. The van der Waals surface area contributed by atoms with Gasteiger partial charge in [-0.1, -0.05) is 30.3 Å². The van der Waals surface area contributed by atoms with Gasteiger partial charge in [-0.25, -0.2) is 15.0 Å². The number of hydrogen-bond donors (Lipinski definition) is 1. The molecule has 0 spiro atoms. The van der Waals surface area contributed by atoms with Gasteiger partial charge >= 0.3 is 0 Å². The third-order valence-corrected chi connectivity index (χ3v) is 6.09. The van der Waals surface area contributed by atoms with Gasteiger partial charge in [-0.15, -0.1) is 0 Å². The maximum atomic E-state index is 12.9. The van der Waals surface area contributed by atoms with Gasteiger partial charge < -0.3 is 9.88 Å². The highest BCUT2D eigenvalue weighted by Crippen LogP contribution is 2.26. The number of benzene rings is 1. The fourth-order valence-electron chi connectivity index (χ4n) is 4.55. The number of nitrogens with zero attached hydrogens (tertiary/aromatic N) is 4. The zero-order valence-electron chi connectivity index (χ0n) is 16.6. The van der Waals surface area contributed by atoms with Gasteiger partial charge in [0.15, 0.2) is 5.82 Å². The summed E-state index contributed by atoms with van der Waals surface area (Å²) in [4.78, 5) is 26.7. The molecule has 0 saturated heterocycles. The van der Waals surface area contributed by atoms with E-state index < -0.39 is 0 Å². The molecule has 2 unspecified atom stereocenters. The molecule has 6 heteroatoms. The number of carbonyl (C=O) groups is 1. The molecule has 2 aromatic heterocycles. The van der Waals surface area contributed by atoms with Crippen LogP contribution in [0.1, 0.15) is 59.8 Å². The van der Waals surface area contributed by atoms with Crippen LogP contribution in [-0.2, 0) is 19.3 Å². The van der Waals surface area contributed by atoms with E-state index in [1.165, 1.54) is 0 Å². The van der Waals surface area contributed by atoms with Crippen LogP contribution in [0.25, 0.3) is 11.4 Å². The lowest BCUT2D eigenvalue weighted by molar-refractivity contribution is 0.0920. The minimum Gasteiger partial charge on any atom is -0.348 e. The largest absolute Gasteiger partial charge is 0.348 e. The Morgan fingerprint density at radius 3 is 2.83 bits per heavy atom. The molecule has 0 radical (unpaired) electrons. The van der Waals surface area contributed by atoms with Crippen molar-refractivity contribution < 1.29 is 4.79 Å². The van der Waals surface area contributed by atoms with E-state index in [1.54, 1.807) is 6.20 Å². The van der Waals surface area contributed by atoms with Crippen molar-refractivity contribution in [1.82, 2.24) is 24.8 Å². The summed E-state index contributed by atoms with van der Waals surface area (Å²) in [6, 6.07) is 10.5. The molecule has 29 heavy (non-hydrogen) atoms. The van der Waals surface area contributed by atoms with Crippen LogP contribution in [-0.4, -0.2) is 31.5 Å². The first-order valence-electron chi connectivity index (χ1n) is 10.5. The minimum atomic E-state index is -0.0206. The lowest BCUT2D eigenvalue weighted by Gasteiger charge is -2.27. The van der Waals surface area contributed by atoms with Gasteiger partial charge in [0, 0.05) is 36.0 Å². The minimum absolute atomic E-state index is 0.0206. The molecule has 148 valence electrons. The quantitative estimate of drug-likeness (QED) is 0.746. The third-order valence-electron chi connectivity index (χ3n) is 6.09. The van der Waals surface area contributed by atoms with Crippen LogP contribution in [0.2, 0.25) is 0 Å². The highest BCUT2D eigenvalue weighted by molar-refractivity contribution is 5.92. The second kappa shape index (κ2) is 7.43. The predicted molar refractivity (Wildman–Crippen MR) is 111 cm³/mol. The second-order valence-corrected chi connectivity index (χ2v) is 8.12. The van der Waals surface area contributed by atoms with E-state index in [4.69, 9.17) is 4.98 Å². The summed E-state index contributed by atoms with van der Waals surface area (Å²) in [6.07, 6.45) is 9.36. The van der Waals surface area contributed by atoms with E-state index in [1.807, 2.05) is 36.5 Å². The van der Waals surface area contributed by atoms with Gasteiger partial charge in [-0.05, 0) is 44.6 Å². The van der Waals surface area contributed by atoms with Crippen LogP contribution in [0.15, 0.2) is 42.7 Å². The second-order valence-electron chi connectivity index (χ2n) is 8.12. The number of aromatic nitrogens is 4. The van der Waals surface area contributed by atoms with Crippen LogP contribution in [0.4, 0.5) is 0 Å². The van der Waals surface area contributed by atoms with Crippen LogP contribution in [0.5, 0.6) is 0 Å². The average molecular weight is 387 g/mol. The monoisotopic (exact) mass is 387 g/mol. The van der Waals surface area contributed by atoms with Gasteiger partial charge in [0.25, 0.3) is 5.91 Å². The molecular formula is C23H25N5O. The standard InChI is InChI=1S/C23H25N5O/c1-15-6-5-9-21-24-14-20(28(15)21)23(29)26-18-10-11-19-17(12-18)13-25-22(27-19)16-7-3-2-4-8-16/h2-4,7-8,13-15,18H,5-6,9-12H2,1H3,(H,26,29). The van der Waals surface area contributed by atoms with Crippen molar-refractivity contribution in [3.63, 3.8) is 0 Å². The number of nitrogens with one attached hydrogen (secondary N) is 1. The molecule has 3 heterocycles. The summed E-state index contributed by atoms with van der Waals surface area (Å²) in [6.45, 7) is 2.17. The fourth-order valence-corrected chi connectivity index (χ4v) is 4.55. The maximum Gasteiger partial charge on any atom is 0.269 e. The Hall–Kier alpha value is -3.02. The molecule has 6 nitrogen and oxygen atoms in total. The van der Waals surface area contributed by atoms with Crippen LogP contribution >= 0.6 is 0 Å². The van der Waals surface area contributed by atoms with Gasteiger partial charge in [0.05, 0.1) is 6.20 Å². The van der Waals surface area contributed by atoms with Crippen molar-refractivity contribution in [3.05, 3.63) is 65.5 Å². The normalized spacial score (nSPS) is 20.6. The van der Waals surface area contributed by atoms with E-state index in [9.17, 15) is 4.79 Å². The summed E-state index contributed by atoms with van der Waals surface area (Å²) < 4.78 is 2.12. The number of imidazole rings is 1. The van der Waals surface area contributed by atoms with Crippen molar-refractivity contribution in [2.45, 2.75) is 57.5 Å². The molecule has 5 rings (SSSR count). The van der Waals surface area contributed by atoms with E-state index in [0.29, 0.717) is 11.7 Å². The number of aryl methyl sites for hydroxylation is 2. The van der Waals surface area contributed by atoms with Gasteiger partial charge in [0.1, 0.15) is 11.5 Å². The Balaban J connectivity index is 1.31. The van der Waals surface area contributed by atoms with Crippen molar-refractivity contribution in [1.29, 1.82) is 0 Å². The first-order valence-corrected chi connectivity index (χ1v) is 10.5. The summed E-state index contributed by atoms with van der Waals surface area (Å²) in [5.41, 5.74) is 3.95. The molecule has 1 amide bonds. The van der Waals surface area contributed by atoms with Gasteiger partial charge in [-0.2, -0.15) is 0 Å². The average Bonchev–Trinajstić information content (AvgIpc) is 3.20. The smallest absolute Gasteiger partial charge is 0.269 e. The van der Waals surface area contributed by atoms with Crippen molar-refractivity contribution in [3.8, 4) is 11.4 Å². The molecule has 1 N–H and O–H groups in total. The summed E-state index contributed by atoms with van der Waals surface area (Å²) >= 11 is 0.